The first-order valence-electron chi connectivity index (χ1n) is 9.50. The van der Waals surface area contributed by atoms with E-state index in [9.17, 15) is 0 Å². The van der Waals surface area contributed by atoms with Gasteiger partial charge in [-0.15, -0.1) is 0 Å². The van der Waals surface area contributed by atoms with Gasteiger partial charge in [0.25, 0.3) is 0 Å². The summed E-state index contributed by atoms with van der Waals surface area (Å²) in [7, 11) is 0. The van der Waals surface area contributed by atoms with Crippen LogP contribution in [0.1, 0.15) is 22.3 Å². The molecule has 0 saturated carbocycles. The average Bonchev–Trinajstić information content (AvgIpc) is 2.75. The van der Waals surface area contributed by atoms with Crippen LogP contribution in [0.5, 0.6) is 0 Å². The summed E-state index contributed by atoms with van der Waals surface area (Å²) in [4.78, 5) is 11.1. The van der Waals surface area contributed by atoms with Crippen molar-refractivity contribution in [3.05, 3.63) is 120 Å². The lowest BCUT2D eigenvalue weighted by Gasteiger charge is -2.41. The van der Waals surface area contributed by atoms with Crippen LogP contribution < -0.4 is 0 Å². The van der Waals surface area contributed by atoms with E-state index in [2.05, 4.69) is 82.8 Å². The zero-order valence-corrected chi connectivity index (χ0v) is 16.3. The van der Waals surface area contributed by atoms with Crippen molar-refractivity contribution in [3.8, 4) is 0 Å². The average molecular weight is 381 g/mol. The van der Waals surface area contributed by atoms with Crippen molar-refractivity contribution in [2.75, 3.05) is 0 Å². The van der Waals surface area contributed by atoms with Gasteiger partial charge in [-0.1, -0.05) is 48.2 Å². The Bertz CT molecular complexity index is 1000. The van der Waals surface area contributed by atoms with Gasteiger partial charge in [-0.05, 0) is 71.5 Å². The van der Waals surface area contributed by atoms with E-state index >= 15 is 0 Å². The summed E-state index contributed by atoms with van der Waals surface area (Å²) in [6.07, 6.45) is 9.45. The fourth-order valence-corrected chi connectivity index (χ4v) is 5.58. The van der Waals surface area contributed by atoms with E-state index in [4.69, 9.17) is 0 Å². The third-order valence-corrected chi connectivity index (χ3v) is 6.69. The number of nitrogens with zero attached hydrogens (tertiary/aromatic N) is 2. The Morgan fingerprint density at radius 3 is 1.46 bits per heavy atom. The van der Waals surface area contributed by atoms with Gasteiger partial charge >= 0.3 is 0 Å². The molecule has 0 spiro atoms. The van der Waals surface area contributed by atoms with E-state index in [1.54, 1.807) is 0 Å². The van der Waals surface area contributed by atoms with Gasteiger partial charge in [-0.2, -0.15) is 0 Å². The molecule has 3 heteroatoms. The predicted octanol–water partition coefficient (Wildman–Crippen LogP) is 5.71. The molecule has 0 atom stereocenters. The summed E-state index contributed by atoms with van der Waals surface area (Å²) < 4.78 is 0. The van der Waals surface area contributed by atoms with Gasteiger partial charge in [0.2, 0.25) is 0 Å². The summed E-state index contributed by atoms with van der Waals surface area (Å²) >= 11 is 1.88. The highest BCUT2D eigenvalue weighted by molar-refractivity contribution is 7.99. The molecular formula is C25H20N2S. The number of hydrogen-bond donors (Lipinski definition) is 0. The molecule has 1 aliphatic heterocycles. The fraction of sp³-hybridized carbons (Fsp3) is 0.120. The van der Waals surface area contributed by atoms with Crippen molar-refractivity contribution < 1.29 is 0 Å². The zero-order valence-electron chi connectivity index (χ0n) is 15.5. The highest BCUT2D eigenvalue weighted by Gasteiger charge is 2.41. The van der Waals surface area contributed by atoms with E-state index in [1.807, 2.05) is 36.5 Å². The van der Waals surface area contributed by atoms with Crippen LogP contribution in [-0.2, 0) is 18.3 Å². The SMILES string of the molecule is c1ccc2c(c1)Sc1ccccc1C2(Cc1ccncc1)Cc1ccncc1. The first-order chi connectivity index (χ1) is 13.9. The molecular weight excluding hydrogens is 360 g/mol. The Balaban J connectivity index is 1.75. The van der Waals surface area contributed by atoms with Gasteiger partial charge in [-0.25, -0.2) is 0 Å². The summed E-state index contributed by atoms with van der Waals surface area (Å²) in [5.74, 6) is 0. The molecule has 0 fully saturated rings. The van der Waals surface area contributed by atoms with E-state index < -0.39 is 0 Å². The highest BCUT2D eigenvalue weighted by Crippen LogP contribution is 2.52. The lowest BCUT2D eigenvalue weighted by Crippen LogP contribution is -2.36. The topological polar surface area (TPSA) is 25.8 Å². The number of rotatable bonds is 4. The van der Waals surface area contributed by atoms with Gasteiger partial charge < -0.3 is 0 Å². The Morgan fingerprint density at radius 2 is 1.00 bits per heavy atom. The molecule has 136 valence electrons. The molecule has 5 rings (SSSR count). The van der Waals surface area contributed by atoms with Gasteiger partial charge in [0.15, 0.2) is 0 Å². The van der Waals surface area contributed by atoms with Crippen LogP contribution in [-0.4, -0.2) is 9.97 Å². The molecule has 0 saturated heterocycles. The van der Waals surface area contributed by atoms with Crippen LogP contribution >= 0.6 is 11.8 Å². The Labute approximate surface area is 169 Å². The lowest BCUT2D eigenvalue weighted by atomic mass is 9.66. The maximum absolute atomic E-state index is 4.22. The Hall–Kier alpha value is -2.91. The molecule has 4 aromatic rings. The smallest absolute Gasteiger partial charge is 0.0305 e. The number of pyridine rings is 2. The van der Waals surface area contributed by atoms with Gasteiger partial charge in [0.05, 0.1) is 0 Å². The molecule has 28 heavy (non-hydrogen) atoms. The minimum absolute atomic E-state index is 0.124. The Morgan fingerprint density at radius 1 is 0.571 bits per heavy atom. The number of fused-ring (bicyclic) bond motifs is 2. The number of aromatic nitrogens is 2. The molecule has 2 nitrogen and oxygen atoms in total. The molecule has 0 bridgehead atoms. The third kappa shape index (κ3) is 3.02. The van der Waals surface area contributed by atoms with Gasteiger partial charge in [-0.3, -0.25) is 9.97 Å². The normalized spacial score (nSPS) is 14.1. The van der Waals surface area contributed by atoms with Crippen molar-refractivity contribution >= 4 is 11.8 Å². The number of hydrogen-bond acceptors (Lipinski definition) is 3. The van der Waals surface area contributed by atoms with Crippen molar-refractivity contribution in [3.63, 3.8) is 0 Å². The maximum Gasteiger partial charge on any atom is 0.0305 e. The molecule has 2 aromatic carbocycles. The second-order valence-corrected chi connectivity index (χ2v) is 8.32. The fourth-order valence-electron chi connectivity index (χ4n) is 4.31. The molecule has 0 N–H and O–H groups in total. The van der Waals surface area contributed by atoms with Crippen LogP contribution in [0.25, 0.3) is 0 Å². The van der Waals surface area contributed by atoms with Crippen molar-refractivity contribution in [1.29, 1.82) is 0 Å². The monoisotopic (exact) mass is 380 g/mol. The molecule has 0 aliphatic carbocycles. The minimum Gasteiger partial charge on any atom is -0.265 e. The first kappa shape index (κ1) is 17.2. The van der Waals surface area contributed by atoms with Crippen molar-refractivity contribution in [1.82, 2.24) is 9.97 Å². The van der Waals surface area contributed by atoms with Crippen molar-refractivity contribution in [2.45, 2.75) is 28.0 Å². The quantitative estimate of drug-likeness (QED) is 0.453. The molecule has 0 unspecified atom stereocenters. The molecule has 3 heterocycles. The van der Waals surface area contributed by atoms with E-state index in [0.29, 0.717) is 0 Å². The lowest BCUT2D eigenvalue weighted by molar-refractivity contribution is 0.484. The van der Waals surface area contributed by atoms with E-state index in [0.717, 1.165) is 12.8 Å². The van der Waals surface area contributed by atoms with Crippen LogP contribution in [0.4, 0.5) is 0 Å². The van der Waals surface area contributed by atoms with E-state index in [1.165, 1.54) is 32.0 Å². The highest BCUT2D eigenvalue weighted by atomic mass is 32.2. The minimum atomic E-state index is -0.124. The second-order valence-electron chi connectivity index (χ2n) is 7.24. The van der Waals surface area contributed by atoms with Crippen LogP contribution in [0.3, 0.4) is 0 Å². The summed E-state index contributed by atoms with van der Waals surface area (Å²) in [6.45, 7) is 0. The first-order valence-corrected chi connectivity index (χ1v) is 10.3. The zero-order chi connectivity index (χ0) is 18.8. The predicted molar refractivity (Wildman–Crippen MR) is 114 cm³/mol. The van der Waals surface area contributed by atoms with Gasteiger partial charge in [0.1, 0.15) is 0 Å². The van der Waals surface area contributed by atoms with E-state index in [-0.39, 0.29) is 5.41 Å². The number of benzene rings is 2. The summed E-state index contributed by atoms with van der Waals surface area (Å²) in [6, 6.07) is 26.3. The largest absolute Gasteiger partial charge is 0.265 e. The van der Waals surface area contributed by atoms with Crippen LogP contribution in [0.15, 0.2) is 107 Å². The molecule has 0 radical (unpaired) electrons. The standard InChI is InChI=1S/C25H20N2S/c1-3-7-23-21(5-1)25(17-19-9-13-26-14-10-19,18-20-11-15-27-16-12-20)22-6-2-4-8-24(22)28-23/h1-16H,17-18H2. The van der Waals surface area contributed by atoms with Crippen molar-refractivity contribution in [2.24, 2.45) is 0 Å². The molecule has 0 amide bonds. The third-order valence-electron chi connectivity index (χ3n) is 5.54. The van der Waals surface area contributed by atoms with Gasteiger partial charge in [0, 0.05) is 40.0 Å². The Kier molecular flexibility index (Phi) is 4.46. The van der Waals surface area contributed by atoms with Crippen LogP contribution in [0.2, 0.25) is 0 Å². The summed E-state index contributed by atoms with van der Waals surface area (Å²) in [5.41, 5.74) is 5.31. The molecule has 1 aliphatic rings. The van der Waals surface area contributed by atoms with Crippen LogP contribution in [0, 0.1) is 0 Å². The summed E-state index contributed by atoms with van der Waals surface area (Å²) in [5, 5.41) is 0. The molecule has 2 aromatic heterocycles. The second kappa shape index (κ2) is 7.25. The maximum atomic E-state index is 4.22.